The molecule has 3 fully saturated rings. The highest BCUT2D eigenvalue weighted by Crippen LogP contribution is 2.29. The zero-order valence-corrected chi connectivity index (χ0v) is 18.1. The Balaban J connectivity index is 1.58. The molecule has 154 valence electrons. The zero-order valence-electron chi connectivity index (χ0n) is 17.3. The number of piperidine rings is 1. The molecular weight excluding hydrogens is 368 g/mol. The molecule has 0 radical (unpaired) electrons. The third-order valence-corrected chi connectivity index (χ3v) is 6.18. The first-order chi connectivity index (χ1) is 13.6. The van der Waals surface area contributed by atoms with Crippen LogP contribution in [0.4, 0.5) is 17.6 Å². The van der Waals surface area contributed by atoms with Crippen molar-refractivity contribution >= 4 is 34.9 Å². The number of nitrogens with zero attached hydrogens (tertiary/aromatic N) is 4. The summed E-state index contributed by atoms with van der Waals surface area (Å²) in [4.78, 5) is 14.6. The summed E-state index contributed by atoms with van der Waals surface area (Å²) in [5, 5.41) is 7.23. The van der Waals surface area contributed by atoms with Gasteiger partial charge in [0.1, 0.15) is 11.6 Å². The number of aromatic nitrogens is 2. The van der Waals surface area contributed by atoms with Crippen LogP contribution >= 0.6 is 12.2 Å². The molecule has 1 aromatic heterocycles. The van der Waals surface area contributed by atoms with Crippen LogP contribution in [0.5, 0.6) is 0 Å². The van der Waals surface area contributed by atoms with Gasteiger partial charge in [0.25, 0.3) is 0 Å². The van der Waals surface area contributed by atoms with Crippen LogP contribution in [-0.4, -0.2) is 47.3 Å². The average molecular weight is 403 g/mol. The number of anilines is 3. The molecule has 1 aromatic rings. The Morgan fingerprint density at radius 1 is 0.964 bits per heavy atom. The molecule has 7 heteroatoms. The van der Waals surface area contributed by atoms with Gasteiger partial charge < -0.3 is 20.4 Å². The SMILES string of the molecule is C[C@@H]1C[C@H](C)CN(c2cc(N3CCCCCC3)nc(NC(=S)NC3CC3)n2)C1. The summed E-state index contributed by atoms with van der Waals surface area (Å²) in [5.74, 6) is 4.07. The molecule has 6 nitrogen and oxygen atoms in total. The first-order valence-electron chi connectivity index (χ1n) is 11.0. The van der Waals surface area contributed by atoms with Gasteiger partial charge in [-0.05, 0) is 56.2 Å². The highest BCUT2D eigenvalue weighted by molar-refractivity contribution is 7.80. The standard InChI is InChI=1S/C21H34N6S/c1-15-11-16(2)14-27(13-15)19-12-18(26-9-5-3-4-6-10-26)23-20(24-19)25-21(28)22-17-7-8-17/h12,15-17H,3-11,13-14H2,1-2H3,(H2,22,23,24,25,28)/t15-,16+. The number of nitrogens with one attached hydrogen (secondary N) is 2. The number of hydrogen-bond donors (Lipinski definition) is 2. The van der Waals surface area contributed by atoms with Crippen LogP contribution in [0.1, 0.15) is 58.8 Å². The van der Waals surface area contributed by atoms with Gasteiger partial charge in [0.2, 0.25) is 5.95 Å². The molecule has 28 heavy (non-hydrogen) atoms. The lowest BCUT2D eigenvalue weighted by Gasteiger charge is -2.36. The van der Waals surface area contributed by atoms with E-state index in [1.54, 1.807) is 0 Å². The van der Waals surface area contributed by atoms with Gasteiger partial charge in [-0.2, -0.15) is 9.97 Å². The van der Waals surface area contributed by atoms with Crippen molar-refractivity contribution in [1.82, 2.24) is 15.3 Å². The van der Waals surface area contributed by atoms with Gasteiger partial charge in [0, 0.05) is 38.3 Å². The maximum Gasteiger partial charge on any atom is 0.232 e. The fourth-order valence-corrected chi connectivity index (χ4v) is 4.76. The van der Waals surface area contributed by atoms with E-state index in [2.05, 4.69) is 40.3 Å². The highest BCUT2D eigenvalue weighted by Gasteiger charge is 2.25. The first kappa shape index (κ1) is 19.7. The Bertz CT molecular complexity index is 673. The Hall–Kier alpha value is -1.63. The predicted octanol–water partition coefficient (Wildman–Crippen LogP) is 3.79. The molecule has 3 aliphatic rings. The fourth-order valence-electron chi connectivity index (χ4n) is 4.50. The molecule has 3 heterocycles. The molecule has 2 atom stereocenters. The number of thiocarbonyl (C=S) groups is 1. The first-order valence-corrected chi connectivity index (χ1v) is 11.4. The van der Waals surface area contributed by atoms with Gasteiger partial charge in [-0.1, -0.05) is 26.7 Å². The second-order valence-corrected chi connectivity index (χ2v) is 9.44. The zero-order chi connectivity index (χ0) is 19.5. The summed E-state index contributed by atoms with van der Waals surface area (Å²) in [5.41, 5.74) is 0. The molecular formula is C21H34N6S. The minimum Gasteiger partial charge on any atom is -0.360 e. The Morgan fingerprint density at radius 3 is 2.18 bits per heavy atom. The lowest BCUT2D eigenvalue weighted by Crippen LogP contribution is -2.39. The predicted molar refractivity (Wildman–Crippen MR) is 120 cm³/mol. The molecule has 1 aliphatic carbocycles. The smallest absolute Gasteiger partial charge is 0.232 e. The third-order valence-electron chi connectivity index (χ3n) is 5.96. The van der Waals surface area contributed by atoms with Crippen LogP contribution in [0.2, 0.25) is 0 Å². The summed E-state index contributed by atoms with van der Waals surface area (Å²) in [6.07, 6.45) is 8.80. The molecule has 0 aromatic carbocycles. The minimum atomic E-state index is 0.525. The maximum absolute atomic E-state index is 5.48. The van der Waals surface area contributed by atoms with E-state index in [9.17, 15) is 0 Å². The van der Waals surface area contributed by atoms with Crippen LogP contribution in [-0.2, 0) is 0 Å². The largest absolute Gasteiger partial charge is 0.360 e. The van der Waals surface area contributed by atoms with E-state index < -0.39 is 0 Å². The quantitative estimate of drug-likeness (QED) is 0.743. The normalized spacial score (nSPS) is 25.9. The van der Waals surface area contributed by atoms with E-state index in [1.807, 2.05) is 0 Å². The molecule has 0 amide bonds. The van der Waals surface area contributed by atoms with Gasteiger partial charge in [-0.15, -0.1) is 0 Å². The molecule has 4 rings (SSSR count). The summed E-state index contributed by atoms with van der Waals surface area (Å²) >= 11 is 5.48. The molecule has 1 saturated carbocycles. The summed E-state index contributed by atoms with van der Waals surface area (Å²) in [6, 6.07) is 2.72. The summed E-state index contributed by atoms with van der Waals surface area (Å²) in [7, 11) is 0. The van der Waals surface area contributed by atoms with E-state index in [0.29, 0.717) is 28.9 Å². The van der Waals surface area contributed by atoms with Gasteiger partial charge in [-0.25, -0.2) is 0 Å². The van der Waals surface area contributed by atoms with Crippen molar-refractivity contribution in [1.29, 1.82) is 0 Å². The van der Waals surface area contributed by atoms with Crippen LogP contribution in [0, 0.1) is 11.8 Å². The molecule has 0 bridgehead atoms. The Labute approximate surface area is 174 Å². The number of hydrogen-bond acceptors (Lipinski definition) is 5. The van der Waals surface area contributed by atoms with Gasteiger partial charge in [-0.3, -0.25) is 0 Å². The number of rotatable bonds is 4. The maximum atomic E-state index is 5.48. The second-order valence-electron chi connectivity index (χ2n) is 9.03. The van der Waals surface area contributed by atoms with Gasteiger partial charge in [0.15, 0.2) is 5.11 Å². The van der Waals surface area contributed by atoms with Gasteiger partial charge >= 0.3 is 0 Å². The average Bonchev–Trinajstić information content (AvgIpc) is 3.47. The second kappa shape index (κ2) is 8.80. The monoisotopic (exact) mass is 402 g/mol. The van der Waals surface area contributed by atoms with E-state index in [0.717, 1.165) is 37.8 Å². The van der Waals surface area contributed by atoms with Crippen molar-refractivity contribution in [3.05, 3.63) is 6.07 Å². The summed E-state index contributed by atoms with van der Waals surface area (Å²) in [6.45, 7) is 8.96. The lowest BCUT2D eigenvalue weighted by molar-refractivity contribution is 0.355. The lowest BCUT2D eigenvalue weighted by atomic mass is 9.92. The van der Waals surface area contributed by atoms with Crippen LogP contribution in [0.25, 0.3) is 0 Å². The van der Waals surface area contributed by atoms with Crippen molar-refractivity contribution in [3.8, 4) is 0 Å². The van der Waals surface area contributed by atoms with Crippen LogP contribution in [0.3, 0.4) is 0 Å². The molecule has 0 unspecified atom stereocenters. The molecule has 0 spiro atoms. The topological polar surface area (TPSA) is 56.3 Å². The highest BCUT2D eigenvalue weighted by atomic mass is 32.1. The fraction of sp³-hybridized carbons (Fsp3) is 0.762. The van der Waals surface area contributed by atoms with Crippen molar-refractivity contribution in [2.45, 2.75) is 64.8 Å². The summed E-state index contributed by atoms with van der Waals surface area (Å²) < 4.78 is 0. The van der Waals surface area contributed by atoms with E-state index in [1.165, 1.54) is 44.9 Å². The Morgan fingerprint density at radius 2 is 1.57 bits per heavy atom. The van der Waals surface area contributed by atoms with Crippen molar-refractivity contribution in [2.75, 3.05) is 41.3 Å². The van der Waals surface area contributed by atoms with Crippen LogP contribution in [0.15, 0.2) is 6.07 Å². The van der Waals surface area contributed by atoms with E-state index in [4.69, 9.17) is 22.2 Å². The Kier molecular flexibility index (Phi) is 6.19. The molecule has 2 saturated heterocycles. The molecule has 2 N–H and O–H groups in total. The third kappa shape index (κ3) is 5.25. The van der Waals surface area contributed by atoms with E-state index in [-0.39, 0.29) is 0 Å². The van der Waals surface area contributed by atoms with Gasteiger partial charge in [0.05, 0.1) is 0 Å². The van der Waals surface area contributed by atoms with Crippen molar-refractivity contribution in [3.63, 3.8) is 0 Å². The minimum absolute atomic E-state index is 0.525. The van der Waals surface area contributed by atoms with E-state index >= 15 is 0 Å². The van der Waals surface area contributed by atoms with Crippen LogP contribution < -0.4 is 20.4 Å². The van der Waals surface area contributed by atoms with Crippen molar-refractivity contribution < 1.29 is 0 Å². The van der Waals surface area contributed by atoms with Crippen molar-refractivity contribution in [2.24, 2.45) is 11.8 Å². The molecule has 2 aliphatic heterocycles.